The molecule has 18 heavy (non-hydrogen) atoms. The molecule has 0 aliphatic rings. The van der Waals surface area contributed by atoms with Crippen LogP contribution in [0.2, 0.25) is 0 Å². The molecule has 1 heterocycles. The van der Waals surface area contributed by atoms with Crippen molar-refractivity contribution >= 4 is 0 Å². The Bertz CT molecular complexity index is 334. The first-order valence-electron chi connectivity index (χ1n) is 6.65. The molecular weight excluding hydrogens is 226 g/mol. The molecule has 0 fully saturated rings. The fourth-order valence-electron chi connectivity index (χ4n) is 2.23. The summed E-state index contributed by atoms with van der Waals surface area (Å²) in [4.78, 5) is 4.65. The van der Waals surface area contributed by atoms with Gasteiger partial charge in [0.25, 0.3) is 0 Å². The number of nitrogens with two attached hydrogens (primary N) is 1. The molecule has 0 amide bonds. The van der Waals surface area contributed by atoms with Crippen LogP contribution in [-0.4, -0.2) is 59.9 Å². The summed E-state index contributed by atoms with van der Waals surface area (Å²) in [6, 6.07) is 0.283. The molecule has 0 radical (unpaired) electrons. The predicted octanol–water partition coefficient (Wildman–Crippen LogP) is 0.694. The monoisotopic (exact) mass is 253 g/mol. The third kappa shape index (κ3) is 4.40. The first-order chi connectivity index (χ1) is 8.58. The van der Waals surface area contributed by atoms with E-state index in [4.69, 9.17) is 5.73 Å². The van der Waals surface area contributed by atoms with Crippen molar-refractivity contribution in [2.75, 3.05) is 40.3 Å². The van der Waals surface area contributed by atoms with Crippen LogP contribution in [-0.2, 0) is 7.05 Å². The quantitative estimate of drug-likeness (QED) is 0.741. The first kappa shape index (κ1) is 15.1. The maximum Gasteiger partial charge on any atom is 0.0538 e. The van der Waals surface area contributed by atoms with Crippen molar-refractivity contribution in [3.63, 3.8) is 0 Å². The van der Waals surface area contributed by atoms with Crippen LogP contribution in [0.1, 0.15) is 24.9 Å². The molecule has 1 aromatic heterocycles. The van der Waals surface area contributed by atoms with Crippen LogP contribution >= 0.6 is 0 Å². The Morgan fingerprint density at radius 1 is 1.39 bits per heavy atom. The van der Waals surface area contributed by atoms with Crippen LogP contribution in [0.15, 0.2) is 12.4 Å². The molecule has 0 bridgehead atoms. The van der Waals surface area contributed by atoms with Crippen molar-refractivity contribution in [3.05, 3.63) is 18.0 Å². The third-order valence-electron chi connectivity index (χ3n) is 3.23. The lowest BCUT2D eigenvalue weighted by molar-refractivity contribution is 0.201. The highest BCUT2D eigenvalue weighted by atomic mass is 15.3. The lowest BCUT2D eigenvalue weighted by Gasteiger charge is -2.29. The maximum absolute atomic E-state index is 5.93. The van der Waals surface area contributed by atoms with Gasteiger partial charge in [0.15, 0.2) is 0 Å². The Morgan fingerprint density at radius 3 is 2.56 bits per heavy atom. The van der Waals surface area contributed by atoms with Crippen molar-refractivity contribution in [2.45, 2.75) is 19.4 Å². The topological polar surface area (TPSA) is 50.3 Å². The summed E-state index contributed by atoms with van der Waals surface area (Å²) in [6.07, 6.45) is 5.15. The van der Waals surface area contributed by atoms with E-state index in [0.717, 1.165) is 26.1 Å². The Morgan fingerprint density at radius 2 is 2.11 bits per heavy atom. The average molecular weight is 253 g/mol. The zero-order chi connectivity index (χ0) is 13.5. The summed E-state index contributed by atoms with van der Waals surface area (Å²) in [7, 11) is 6.16. The number of hydrogen-bond acceptors (Lipinski definition) is 4. The van der Waals surface area contributed by atoms with Gasteiger partial charge in [-0.05, 0) is 33.6 Å². The summed E-state index contributed by atoms with van der Waals surface area (Å²) < 4.78 is 1.84. The molecule has 1 rings (SSSR count). The molecule has 1 unspecified atom stereocenters. The molecule has 0 saturated carbocycles. The van der Waals surface area contributed by atoms with Gasteiger partial charge in [0.2, 0.25) is 0 Å². The Hall–Kier alpha value is -0.910. The van der Waals surface area contributed by atoms with Gasteiger partial charge in [-0.3, -0.25) is 9.58 Å². The van der Waals surface area contributed by atoms with Crippen LogP contribution in [0, 0.1) is 0 Å². The number of aromatic nitrogens is 2. The van der Waals surface area contributed by atoms with E-state index in [1.807, 2.05) is 17.9 Å². The summed E-state index contributed by atoms with van der Waals surface area (Å²) >= 11 is 0. The van der Waals surface area contributed by atoms with Gasteiger partial charge in [0.1, 0.15) is 0 Å². The van der Waals surface area contributed by atoms with E-state index in [9.17, 15) is 0 Å². The highest BCUT2D eigenvalue weighted by Gasteiger charge is 2.18. The Kier molecular flexibility index (Phi) is 6.32. The predicted molar refractivity (Wildman–Crippen MR) is 75.4 cm³/mol. The lowest BCUT2D eigenvalue weighted by atomic mass is 10.1. The number of rotatable bonds is 8. The standard InChI is InChI=1S/C13H27N5/c1-5-18(8-6-7-16(2)3)13(9-14)12-10-15-17(4)11-12/h10-11,13H,5-9,14H2,1-4H3. The van der Waals surface area contributed by atoms with Crippen molar-refractivity contribution < 1.29 is 0 Å². The van der Waals surface area contributed by atoms with Gasteiger partial charge in [-0.2, -0.15) is 5.10 Å². The summed E-state index contributed by atoms with van der Waals surface area (Å²) in [6.45, 7) is 6.03. The van der Waals surface area contributed by atoms with Gasteiger partial charge >= 0.3 is 0 Å². The van der Waals surface area contributed by atoms with E-state index in [1.54, 1.807) is 0 Å². The largest absolute Gasteiger partial charge is 0.329 e. The van der Waals surface area contributed by atoms with Crippen LogP contribution in [0.25, 0.3) is 0 Å². The van der Waals surface area contributed by atoms with E-state index in [2.05, 4.69) is 42.1 Å². The second kappa shape index (κ2) is 7.51. The number of likely N-dealkylation sites (N-methyl/N-ethyl adjacent to an activating group) is 1. The fourth-order valence-corrected chi connectivity index (χ4v) is 2.23. The lowest BCUT2D eigenvalue weighted by Crippen LogP contribution is -2.35. The maximum atomic E-state index is 5.93. The van der Waals surface area contributed by atoms with Crippen LogP contribution in [0.5, 0.6) is 0 Å². The van der Waals surface area contributed by atoms with Crippen molar-refractivity contribution in [1.29, 1.82) is 0 Å². The van der Waals surface area contributed by atoms with Gasteiger partial charge in [0, 0.05) is 31.9 Å². The summed E-state index contributed by atoms with van der Waals surface area (Å²) in [5.74, 6) is 0. The van der Waals surface area contributed by atoms with E-state index in [-0.39, 0.29) is 6.04 Å². The smallest absolute Gasteiger partial charge is 0.0538 e. The van der Waals surface area contributed by atoms with Crippen LogP contribution in [0.4, 0.5) is 0 Å². The van der Waals surface area contributed by atoms with Crippen molar-refractivity contribution in [2.24, 2.45) is 12.8 Å². The molecule has 104 valence electrons. The highest BCUT2D eigenvalue weighted by molar-refractivity contribution is 5.11. The molecule has 1 aromatic rings. The average Bonchev–Trinajstić information content (AvgIpc) is 2.74. The summed E-state index contributed by atoms with van der Waals surface area (Å²) in [5, 5.41) is 4.24. The van der Waals surface area contributed by atoms with Crippen LogP contribution < -0.4 is 5.73 Å². The van der Waals surface area contributed by atoms with Gasteiger partial charge in [-0.15, -0.1) is 0 Å². The van der Waals surface area contributed by atoms with Crippen molar-refractivity contribution in [3.8, 4) is 0 Å². The summed E-state index contributed by atoms with van der Waals surface area (Å²) in [5.41, 5.74) is 7.15. The number of hydrogen-bond donors (Lipinski definition) is 1. The van der Waals surface area contributed by atoms with Gasteiger partial charge < -0.3 is 10.6 Å². The molecule has 0 spiro atoms. The van der Waals surface area contributed by atoms with E-state index in [0.29, 0.717) is 6.54 Å². The molecule has 0 aliphatic carbocycles. The third-order valence-corrected chi connectivity index (χ3v) is 3.23. The Balaban J connectivity index is 2.60. The molecule has 5 heteroatoms. The second-order valence-electron chi connectivity index (χ2n) is 4.98. The van der Waals surface area contributed by atoms with E-state index >= 15 is 0 Å². The fraction of sp³-hybridized carbons (Fsp3) is 0.769. The molecule has 0 aliphatic heterocycles. The number of nitrogens with zero attached hydrogens (tertiary/aromatic N) is 4. The number of aryl methyl sites for hydroxylation is 1. The highest BCUT2D eigenvalue weighted by Crippen LogP contribution is 2.18. The van der Waals surface area contributed by atoms with Crippen LogP contribution in [0.3, 0.4) is 0 Å². The molecule has 0 aromatic carbocycles. The van der Waals surface area contributed by atoms with Gasteiger partial charge in [-0.1, -0.05) is 6.92 Å². The molecule has 2 N–H and O–H groups in total. The van der Waals surface area contributed by atoms with E-state index in [1.165, 1.54) is 5.56 Å². The minimum Gasteiger partial charge on any atom is -0.329 e. The first-order valence-corrected chi connectivity index (χ1v) is 6.65. The van der Waals surface area contributed by atoms with Gasteiger partial charge in [-0.25, -0.2) is 0 Å². The Labute approximate surface area is 111 Å². The van der Waals surface area contributed by atoms with E-state index < -0.39 is 0 Å². The second-order valence-corrected chi connectivity index (χ2v) is 4.98. The SMILES string of the molecule is CCN(CCCN(C)C)C(CN)c1cnn(C)c1. The van der Waals surface area contributed by atoms with Gasteiger partial charge in [0.05, 0.1) is 12.2 Å². The molecule has 0 saturated heterocycles. The zero-order valence-electron chi connectivity index (χ0n) is 12.1. The minimum atomic E-state index is 0.283. The normalized spacial score (nSPS) is 13.5. The molecule has 1 atom stereocenters. The van der Waals surface area contributed by atoms with Crippen molar-refractivity contribution in [1.82, 2.24) is 19.6 Å². The minimum absolute atomic E-state index is 0.283. The molecular formula is C13H27N5. The molecule has 5 nitrogen and oxygen atoms in total. The zero-order valence-corrected chi connectivity index (χ0v) is 12.1.